The molecular formula is C16H10O4. The van der Waals surface area contributed by atoms with Crippen LogP contribution in [0.1, 0.15) is 32.7 Å². The van der Waals surface area contributed by atoms with Crippen molar-refractivity contribution in [1.82, 2.24) is 0 Å². The molecule has 4 heteroatoms. The largest absolute Gasteiger partial charge is 0.481 e. The van der Waals surface area contributed by atoms with Crippen LogP contribution in [0, 0.1) is 0 Å². The number of benzene rings is 2. The lowest BCUT2D eigenvalue weighted by atomic mass is 10.0. The zero-order chi connectivity index (χ0) is 14.3. The van der Waals surface area contributed by atoms with Crippen molar-refractivity contribution >= 4 is 17.5 Å². The molecule has 0 amide bonds. The molecule has 2 aromatic carbocycles. The molecule has 3 rings (SSSR count). The lowest BCUT2D eigenvalue weighted by Crippen LogP contribution is -2.08. The van der Waals surface area contributed by atoms with E-state index in [4.69, 9.17) is 5.11 Å². The number of carbonyl (C=O) groups is 3. The summed E-state index contributed by atoms with van der Waals surface area (Å²) < 4.78 is 0. The second-order valence-electron chi connectivity index (χ2n) is 4.63. The first-order valence-electron chi connectivity index (χ1n) is 6.11. The Balaban J connectivity index is 2.07. The first-order valence-corrected chi connectivity index (χ1v) is 6.11. The highest BCUT2D eigenvalue weighted by atomic mass is 16.4. The fraction of sp³-hybridized carbons (Fsp3) is 0.0625. The van der Waals surface area contributed by atoms with E-state index < -0.39 is 18.2 Å². The van der Waals surface area contributed by atoms with Crippen LogP contribution in [0.2, 0.25) is 0 Å². The average molecular weight is 266 g/mol. The van der Waals surface area contributed by atoms with Gasteiger partial charge in [0.2, 0.25) is 0 Å². The highest BCUT2D eigenvalue weighted by Crippen LogP contribution is 2.36. The number of aliphatic carboxylic acids is 1. The van der Waals surface area contributed by atoms with Crippen molar-refractivity contribution in [3.05, 3.63) is 59.2 Å². The minimum absolute atomic E-state index is 0.124. The molecule has 0 aliphatic heterocycles. The third-order valence-corrected chi connectivity index (χ3v) is 3.36. The first-order chi connectivity index (χ1) is 9.58. The van der Waals surface area contributed by atoms with Gasteiger partial charge in [-0.2, -0.15) is 0 Å². The van der Waals surface area contributed by atoms with E-state index in [1.54, 1.807) is 24.3 Å². The Kier molecular flexibility index (Phi) is 2.71. The van der Waals surface area contributed by atoms with Gasteiger partial charge in [-0.25, -0.2) is 0 Å². The van der Waals surface area contributed by atoms with Gasteiger partial charge in [0.05, 0.1) is 0 Å². The van der Waals surface area contributed by atoms with Crippen LogP contribution in [0.4, 0.5) is 0 Å². The molecule has 1 N–H and O–H groups in total. The molecule has 1 aliphatic rings. The van der Waals surface area contributed by atoms with Crippen molar-refractivity contribution in [3.8, 4) is 11.1 Å². The van der Waals surface area contributed by atoms with Gasteiger partial charge in [-0.05, 0) is 17.2 Å². The fourth-order valence-electron chi connectivity index (χ4n) is 2.44. The van der Waals surface area contributed by atoms with E-state index in [9.17, 15) is 14.4 Å². The molecule has 0 spiro atoms. The fourth-order valence-corrected chi connectivity index (χ4v) is 2.44. The molecule has 0 saturated heterocycles. The average Bonchev–Trinajstić information content (AvgIpc) is 2.72. The molecule has 0 saturated carbocycles. The Morgan fingerprint density at radius 1 is 0.900 bits per heavy atom. The van der Waals surface area contributed by atoms with Crippen LogP contribution in [0.5, 0.6) is 0 Å². The van der Waals surface area contributed by atoms with Crippen molar-refractivity contribution in [2.75, 3.05) is 0 Å². The number of rotatable bonds is 3. The molecule has 0 bridgehead atoms. The van der Waals surface area contributed by atoms with E-state index in [1.807, 2.05) is 12.1 Å². The Bertz CT molecular complexity index is 759. The predicted molar refractivity (Wildman–Crippen MR) is 71.9 cm³/mol. The zero-order valence-corrected chi connectivity index (χ0v) is 10.4. The number of carboxylic acid groups (broad SMARTS) is 1. The summed E-state index contributed by atoms with van der Waals surface area (Å²) in [4.78, 5) is 34.6. The maximum Gasteiger partial charge on any atom is 0.311 e. The van der Waals surface area contributed by atoms with Gasteiger partial charge in [-0.15, -0.1) is 0 Å². The number of hydrogen-bond acceptors (Lipinski definition) is 3. The summed E-state index contributed by atoms with van der Waals surface area (Å²) in [6.07, 6.45) is -0.570. The standard InChI is InChI=1S/C16H10O4/c17-14(8-15(18)19)9-5-6-11-10-3-1-2-4-12(10)16(20)13(11)7-9/h1-7H,8H2,(H,18,19). The van der Waals surface area contributed by atoms with E-state index >= 15 is 0 Å². The number of ketones is 2. The van der Waals surface area contributed by atoms with E-state index in [2.05, 4.69) is 0 Å². The zero-order valence-electron chi connectivity index (χ0n) is 10.4. The number of carboxylic acids is 1. The molecule has 0 unspecified atom stereocenters. The summed E-state index contributed by atoms with van der Waals surface area (Å²) in [6.45, 7) is 0. The summed E-state index contributed by atoms with van der Waals surface area (Å²) in [6, 6.07) is 12.0. The molecule has 0 radical (unpaired) electrons. The monoisotopic (exact) mass is 266 g/mol. The van der Waals surface area contributed by atoms with Crippen LogP contribution in [0.3, 0.4) is 0 Å². The maximum atomic E-state index is 12.3. The van der Waals surface area contributed by atoms with E-state index in [0.29, 0.717) is 11.1 Å². The molecule has 0 heterocycles. The molecule has 2 aromatic rings. The van der Waals surface area contributed by atoms with E-state index in [0.717, 1.165) is 11.1 Å². The van der Waals surface area contributed by atoms with E-state index in [1.165, 1.54) is 6.07 Å². The van der Waals surface area contributed by atoms with Crippen LogP contribution < -0.4 is 0 Å². The first kappa shape index (κ1) is 12.3. The molecule has 0 aromatic heterocycles. The van der Waals surface area contributed by atoms with Crippen LogP contribution in [0.15, 0.2) is 42.5 Å². The third-order valence-electron chi connectivity index (χ3n) is 3.36. The summed E-state index contributed by atoms with van der Waals surface area (Å²) in [5.41, 5.74) is 2.97. The smallest absolute Gasteiger partial charge is 0.311 e. The quantitative estimate of drug-likeness (QED) is 0.584. The number of fused-ring (bicyclic) bond motifs is 3. The highest BCUT2D eigenvalue weighted by Gasteiger charge is 2.27. The lowest BCUT2D eigenvalue weighted by Gasteiger charge is -2.02. The van der Waals surface area contributed by atoms with Gasteiger partial charge in [-0.3, -0.25) is 14.4 Å². The second-order valence-corrected chi connectivity index (χ2v) is 4.63. The van der Waals surface area contributed by atoms with Crippen molar-refractivity contribution in [2.45, 2.75) is 6.42 Å². The van der Waals surface area contributed by atoms with Gasteiger partial charge >= 0.3 is 5.97 Å². The van der Waals surface area contributed by atoms with Crippen LogP contribution in [-0.4, -0.2) is 22.6 Å². The van der Waals surface area contributed by atoms with Crippen LogP contribution in [0.25, 0.3) is 11.1 Å². The summed E-state index contributed by atoms with van der Waals surface area (Å²) in [5.74, 6) is -1.80. The number of Topliss-reactive ketones (excluding diaryl/α,β-unsaturated/α-hetero) is 1. The Labute approximate surface area is 114 Å². The van der Waals surface area contributed by atoms with Gasteiger partial charge in [-0.1, -0.05) is 36.4 Å². The van der Waals surface area contributed by atoms with Crippen LogP contribution in [-0.2, 0) is 4.79 Å². The lowest BCUT2D eigenvalue weighted by molar-refractivity contribution is -0.135. The summed E-state index contributed by atoms with van der Waals surface area (Å²) >= 11 is 0. The second kappa shape index (κ2) is 4.42. The molecule has 4 nitrogen and oxygen atoms in total. The topological polar surface area (TPSA) is 71.4 Å². The Morgan fingerprint density at radius 3 is 2.25 bits per heavy atom. The van der Waals surface area contributed by atoms with Crippen molar-refractivity contribution in [1.29, 1.82) is 0 Å². The molecule has 1 aliphatic carbocycles. The molecule has 0 atom stereocenters. The molecule has 0 fully saturated rings. The van der Waals surface area contributed by atoms with Crippen molar-refractivity contribution < 1.29 is 19.5 Å². The minimum atomic E-state index is -1.18. The van der Waals surface area contributed by atoms with Gasteiger partial charge in [0, 0.05) is 16.7 Å². The third kappa shape index (κ3) is 1.82. The summed E-state index contributed by atoms with van der Waals surface area (Å²) in [7, 11) is 0. The Hall–Kier alpha value is -2.75. The van der Waals surface area contributed by atoms with Gasteiger partial charge in [0.25, 0.3) is 0 Å². The SMILES string of the molecule is O=C(O)CC(=O)c1ccc2c(c1)C(=O)c1ccccc1-2. The summed E-state index contributed by atoms with van der Waals surface area (Å²) in [5, 5.41) is 8.64. The van der Waals surface area contributed by atoms with Gasteiger partial charge in [0.1, 0.15) is 6.42 Å². The number of hydrogen-bond donors (Lipinski definition) is 1. The number of carbonyl (C=O) groups excluding carboxylic acids is 2. The van der Waals surface area contributed by atoms with Crippen molar-refractivity contribution in [3.63, 3.8) is 0 Å². The minimum Gasteiger partial charge on any atom is -0.481 e. The predicted octanol–water partition coefficient (Wildman–Crippen LogP) is 2.56. The Morgan fingerprint density at radius 2 is 1.55 bits per heavy atom. The highest BCUT2D eigenvalue weighted by molar-refractivity contribution is 6.22. The molecule has 98 valence electrons. The molecular weight excluding hydrogens is 256 g/mol. The molecule has 20 heavy (non-hydrogen) atoms. The van der Waals surface area contributed by atoms with Crippen molar-refractivity contribution in [2.24, 2.45) is 0 Å². The maximum absolute atomic E-state index is 12.3. The van der Waals surface area contributed by atoms with Gasteiger partial charge in [0.15, 0.2) is 11.6 Å². The van der Waals surface area contributed by atoms with Gasteiger partial charge < -0.3 is 5.11 Å². The van der Waals surface area contributed by atoms with E-state index in [-0.39, 0.29) is 11.3 Å². The van der Waals surface area contributed by atoms with Crippen LogP contribution >= 0.6 is 0 Å². The normalized spacial score (nSPS) is 11.9.